The number of nitrogens with one attached hydrogen (secondary N) is 1. The fourth-order valence-electron chi connectivity index (χ4n) is 2.46. The average molecular weight is 359 g/mol. The molecule has 0 aromatic heterocycles. The van der Waals surface area contributed by atoms with Crippen LogP contribution in [-0.2, 0) is 4.79 Å². The van der Waals surface area contributed by atoms with Crippen molar-refractivity contribution in [3.63, 3.8) is 0 Å². The molecule has 2 N–H and O–H groups in total. The third-order valence-corrected chi connectivity index (χ3v) is 3.88. The molecule has 4 nitrogen and oxygen atoms in total. The molecule has 1 aromatic rings. The Morgan fingerprint density at radius 3 is 2.00 bits per heavy atom. The quantitative estimate of drug-likeness (QED) is 0.429. The van der Waals surface area contributed by atoms with Crippen molar-refractivity contribution < 1.29 is 27.9 Å². The minimum atomic E-state index is -1.64. The van der Waals surface area contributed by atoms with E-state index < -0.39 is 34.9 Å². The number of hydrogen-bond donors (Lipinski definition) is 2. The molecule has 7 heteroatoms. The number of aliphatic carboxylic acids is 1. The van der Waals surface area contributed by atoms with Crippen LogP contribution in [0.15, 0.2) is 12.1 Å². The van der Waals surface area contributed by atoms with Gasteiger partial charge in [-0.05, 0) is 25.0 Å². The molecule has 25 heavy (non-hydrogen) atoms. The second-order valence-corrected chi connectivity index (χ2v) is 5.95. The Labute approximate surface area is 145 Å². The van der Waals surface area contributed by atoms with Crippen molar-refractivity contribution in [3.8, 4) is 0 Å². The van der Waals surface area contributed by atoms with Gasteiger partial charge in [0, 0.05) is 13.0 Å². The summed E-state index contributed by atoms with van der Waals surface area (Å²) in [5.41, 5.74) is -0.500. The molecule has 0 atom stereocenters. The van der Waals surface area contributed by atoms with Crippen molar-refractivity contribution >= 4 is 11.9 Å². The highest BCUT2D eigenvalue weighted by molar-refractivity contribution is 5.94. The Bertz CT molecular complexity index is 579. The number of carboxylic acids is 1. The van der Waals surface area contributed by atoms with Crippen LogP contribution in [0.25, 0.3) is 0 Å². The molecule has 140 valence electrons. The van der Waals surface area contributed by atoms with Crippen molar-refractivity contribution in [2.24, 2.45) is 0 Å². The van der Waals surface area contributed by atoms with Gasteiger partial charge in [0.25, 0.3) is 5.91 Å². The predicted octanol–water partition coefficient (Wildman–Crippen LogP) is 4.43. The monoisotopic (exact) mass is 359 g/mol. The van der Waals surface area contributed by atoms with Gasteiger partial charge >= 0.3 is 5.97 Å². The maximum absolute atomic E-state index is 13.5. The van der Waals surface area contributed by atoms with Crippen molar-refractivity contribution in [1.82, 2.24) is 5.32 Å². The first-order valence-corrected chi connectivity index (χ1v) is 8.57. The average Bonchev–Trinajstić information content (AvgIpc) is 2.57. The zero-order valence-corrected chi connectivity index (χ0v) is 14.1. The number of unbranched alkanes of at least 4 members (excludes halogenated alkanes) is 7. The van der Waals surface area contributed by atoms with Crippen molar-refractivity contribution in [2.75, 3.05) is 6.54 Å². The molecule has 0 spiro atoms. The van der Waals surface area contributed by atoms with Gasteiger partial charge in [0.15, 0.2) is 17.5 Å². The van der Waals surface area contributed by atoms with E-state index in [1.165, 1.54) is 0 Å². The normalized spacial score (nSPS) is 10.7. The zero-order valence-electron chi connectivity index (χ0n) is 14.1. The molecule has 1 aromatic carbocycles. The highest BCUT2D eigenvalue weighted by Crippen LogP contribution is 2.15. The van der Waals surface area contributed by atoms with E-state index in [0.717, 1.165) is 57.1 Å². The Balaban J connectivity index is 2.07. The van der Waals surface area contributed by atoms with Crippen LogP contribution in [0.5, 0.6) is 0 Å². The topological polar surface area (TPSA) is 66.4 Å². The van der Waals surface area contributed by atoms with Crippen molar-refractivity contribution in [3.05, 3.63) is 35.1 Å². The first-order chi connectivity index (χ1) is 11.9. The minimum Gasteiger partial charge on any atom is -0.481 e. The Kier molecular flexibility index (Phi) is 9.65. The van der Waals surface area contributed by atoms with Gasteiger partial charge in [0.05, 0.1) is 5.56 Å². The van der Waals surface area contributed by atoms with Crippen LogP contribution in [0.3, 0.4) is 0 Å². The smallest absolute Gasteiger partial charge is 0.303 e. The second-order valence-electron chi connectivity index (χ2n) is 5.95. The van der Waals surface area contributed by atoms with Gasteiger partial charge in [-0.2, -0.15) is 0 Å². The summed E-state index contributed by atoms with van der Waals surface area (Å²) in [7, 11) is 0. The maximum atomic E-state index is 13.5. The van der Waals surface area contributed by atoms with E-state index in [0.29, 0.717) is 13.0 Å². The van der Waals surface area contributed by atoms with E-state index in [1.54, 1.807) is 0 Å². The summed E-state index contributed by atoms with van der Waals surface area (Å²) in [5.74, 6) is -5.95. The number of carboxylic acid groups (broad SMARTS) is 1. The molecule has 0 aliphatic heterocycles. The lowest BCUT2D eigenvalue weighted by molar-refractivity contribution is -0.137. The molecule has 0 radical (unpaired) electrons. The third-order valence-electron chi connectivity index (χ3n) is 3.88. The van der Waals surface area contributed by atoms with Crippen LogP contribution in [-0.4, -0.2) is 23.5 Å². The molecule has 1 rings (SSSR count). The molecule has 0 saturated heterocycles. The van der Waals surface area contributed by atoms with Crippen molar-refractivity contribution in [2.45, 2.75) is 57.8 Å². The maximum Gasteiger partial charge on any atom is 0.303 e. The van der Waals surface area contributed by atoms with Gasteiger partial charge in [-0.1, -0.05) is 38.5 Å². The van der Waals surface area contributed by atoms with Gasteiger partial charge in [-0.15, -0.1) is 0 Å². The Morgan fingerprint density at radius 2 is 1.40 bits per heavy atom. The molecule has 0 fully saturated rings. The Morgan fingerprint density at radius 1 is 0.840 bits per heavy atom. The molecular formula is C18H24F3NO3. The summed E-state index contributed by atoms with van der Waals surface area (Å²) >= 11 is 0. The molecule has 0 heterocycles. The summed E-state index contributed by atoms with van der Waals surface area (Å²) in [5, 5.41) is 11.0. The molecule has 0 bridgehead atoms. The SMILES string of the molecule is O=C(O)CCCCCCCCCCNC(=O)c1ccc(F)c(F)c1F. The van der Waals surface area contributed by atoms with Gasteiger partial charge < -0.3 is 10.4 Å². The number of rotatable bonds is 12. The van der Waals surface area contributed by atoms with E-state index >= 15 is 0 Å². The number of amides is 1. The van der Waals surface area contributed by atoms with E-state index in [1.807, 2.05) is 0 Å². The fraction of sp³-hybridized carbons (Fsp3) is 0.556. The summed E-state index contributed by atoms with van der Waals surface area (Å²) in [6, 6.07) is 1.65. The lowest BCUT2D eigenvalue weighted by Gasteiger charge is -2.07. The predicted molar refractivity (Wildman–Crippen MR) is 87.8 cm³/mol. The lowest BCUT2D eigenvalue weighted by atomic mass is 10.1. The molecule has 0 aliphatic carbocycles. The second kappa shape index (κ2) is 11.5. The van der Waals surface area contributed by atoms with Crippen LogP contribution in [0.1, 0.15) is 68.1 Å². The van der Waals surface area contributed by atoms with Gasteiger partial charge in [0.2, 0.25) is 0 Å². The highest BCUT2D eigenvalue weighted by atomic mass is 19.2. The number of carbonyl (C=O) groups is 2. The lowest BCUT2D eigenvalue weighted by Crippen LogP contribution is -2.25. The van der Waals surface area contributed by atoms with E-state index in [2.05, 4.69) is 5.32 Å². The number of halogens is 3. The number of benzene rings is 1. The van der Waals surface area contributed by atoms with Gasteiger partial charge in [-0.25, -0.2) is 13.2 Å². The summed E-state index contributed by atoms with van der Waals surface area (Å²) in [6.45, 7) is 0.343. The molecule has 0 aliphatic rings. The largest absolute Gasteiger partial charge is 0.481 e. The summed E-state index contributed by atoms with van der Waals surface area (Å²) in [4.78, 5) is 22.1. The molecular weight excluding hydrogens is 335 g/mol. The number of carbonyl (C=O) groups excluding carboxylic acids is 1. The van der Waals surface area contributed by atoms with E-state index in [4.69, 9.17) is 5.11 Å². The minimum absolute atomic E-state index is 0.220. The molecule has 0 unspecified atom stereocenters. The third kappa shape index (κ3) is 8.05. The van der Waals surface area contributed by atoms with Crippen LogP contribution in [0.2, 0.25) is 0 Å². The molecule has 0 saturated carbocycles. The first-order valence-electron chi connectivity index (χ1n) is 8.57. The van der Waals surface area contributed by atoms with Crippen LogP contribution in [0, 0.1) is 17.5 Å². The van der Waals surface area contributed by atoms with Gasteiger partial charge in [-0.3, -0.25) is 9.59 Å². The van der Waals surface area contributed by atoms with E-state index in [9.17, 15) is 22.8 Å². The Hall–Kier alpha value is -2.05. The summed E-state index contributed by atoms with van der Waals surface area (Å²) < 4.78 is 39.3. The van der Waals surface area contributed by atoms with Crippen molar-refractivity contribution in [1.29, 1.82) is 0 Å². The standard InChI is InChI=1S/C18H24F3NO3/c19-14-11-10-13(16(20)17(14)21)18(25)22-12-8-6-4-2-1-3-5-7-9-15(23)24/h10-11H,1-9,12H2,(H,22,25)(H,23,24). The zero-order chi connectivity index (χ0) is 18.7. The fourth-order valence-corrected chi connectivity index (χ4v) is 2.46. The highest BCUT2D eigenvalue weighted by Gasteiger charge is 2.18. The number of hydrogen-bond acceptors (Lipinski definition) is 2. The van der Waals surface area contributed by atoms with Crippen LogP contribution >= 0.6 is 0 Å². The van der Waals surface area contributed by atoms with E-state index in [-0.39, 0.29) is 6.42 Å². The van der Waals surface area contributed by atoms with Gasteiger partial charge in [0.1, 0.15) is 0 Å². The summed E-state index contributed by atoms with van der Waals surface area (Å²) in [6.07, 6.45) is 7.56. The van der Waals surface area contributed by atoms with Crippen LogP contribution in [0.4, 0.5) is 13.2 Å². The van der Waals surface area contributed by atoms with Crippen LogP contribution < -0.4 is 5.32 Å². The molecule has 1 amide bonds. The first kappa shape index (κ1) is 21.0.